The molecule has 0 spiro atoms. The standard InChI is InChI=1S/C10H22N2Si/c1-7-9(2)13-8-10(11(3)4)12(5)6/h7,10H,1-2,8,13H2,3-6H3. The first-order valence-corrected chi connectivity index (χ1v) is 6.32. The topological polar surface area (TPSA) is 6.48 Å². The molecule has 0 unspecified atom stereocenters. The summed E-state index contributed by atoms with van der Waals surface area (Å²) in [5.74, 6) is 0. The van der Waals surface area contributed by atoms with E-state index in [0.717, 1.165) is 0 Å². The molecule has 0 aliphatic rings. The largest absolute Gasteiger partial charge is 0.294 e. The van der Waals surface area contributed by atoms with Crippen molar-refractivity contribution >= 4 is 9.52 Å². The lowest BCUT2D eigenvalue weighted by Crippen LogP contribution is -2.41. The average molecular weight is 198 g/mol. The first-order chi connectivity index (χ1) is 5.99. The second-order valence-corrected chi connectivity index (χ2v) is 5.79. The Morgan fingerprint density at radius 3 is 2.08 bits per heavy atom. The number of nitrogens with zero attached hydrogens (tertiary/aromatic N) is 2. The minimum absolute atomic E-state index is 0.193. The molecule has 0 N–H and O–H groups in total. The van der Waals surface area contributed by atoms with Gasteiger partial charge in [0, 0.05) is 0 Å². The van der Waals surface area contributed by atoms with Crippen LogP contribution < -0.4 is 0 Å². The Bertz CT molecular complexity index is 168. The lowest BCUT2D eigenvalue weighted by Gasteiger charge is -2.30. The van der Waals surface area contributed by atoms with E-state index in [-0.39, 0.29) is 9.52 Å². The molecule has 0 rings (SSSR count). The molecular formula is C10H22N2Si. The summed E-state index contributed by atoms with van der Waals surface area (Å²) >= 11 is 0. The average Bonchev–Trinajstić information content (AvgIpc) is 2.03. The molecule has 0 aliphatic heterocycles. The minimum Gasteiger partial charge on any atom is -0.294 e. The van der Waals surface area contributed by atoms with Gasteiger partial charge in [-0.3, -0.25) is 9.80 Å². The van der Waals surface area contributed by atoms with E-state index < -0.39 is 0 Å². The molecule has 0 radical (unpaired) electrons. The van der Waals surface area contributed by atoms with E-state index in [1.165, 1.54) is 11.2 Å². The van der Waals surface area contributed by atoms with Crippen LogP contribution in [0.3, 0.4) is 0 Å². The van der Waals surface area contributed by atoms with Gasteiger partial charge in [0.15, 0.2) is 0 Å². The van der Waals surface area contributed by atoms with Crippen molar-refractivity contribution in [3.8, 4) is 0 Å². The van der Waals surface area contributed by atoms with Crippen molar-refractivity contribution in [2.45, 2.75) is 12.2 Å². The Kier molecular flexibility index (Phi) is 5.95. The van der Waals surface area contributed by atoms with Crippen molar-refractivity contribution in [3.05, 3.63) is 24.4 Å². The van der Waals surface area contributed by atoms with Crippen LogP contribution in [0.1, 0.15) is 0 Å². The lowest BCUT2D eigenvalue weighted by molar-refractivity contribution is 0.147. The summed E-state index contributed by atoms with van der Waals surface area (Å²) in [5, 5.41) is 1.26. The third-order valence-electron chi connectivity index (χ3n) is 2.20. The van der Waals surface area contributed by atoms with E-state index in [0.29, 0.717) is 6.17 Å². The molecule has 0 aromatic heterocycles. The van der Waals surface area contributed by atoms with Crippen molar-refractivity contribution < 1.29 is 0 Å². The number of hydrogen-bond acceptors (Lipinski definition) is 2. The van der Waals surface area contributed by atoms with Crippen LogP contribution in [0.5, 0.6) is 0 Å². The smallest absolute Gasteiger partial charge is 0.0586 e. The molecule has 0 bridgehead atoms. The van der Waals surface area contributed by atoms with Gasteiger partial charge in [-0.1, -0.05) is 17.9 Å². The van der Waals surface area contributed by atoms with Crippen LogP contribution in [0.2, 0.25) is 6.04 Å². The zero-order chi connectivity index (χ0) is 10.4. The molecule has 0 aromatic rings. The van der Waals surface area contributed by atoms with Crippen molar-refractivity contribution in [1.29, 1.82) is 0 Å². The van der Waals surface area contributed by atoms with Gasteiger partial charge in [0.2, 0.25) is 0 Å². The summed E-state index contributed by atoms with van der Waals surface area (Å²) in [6.45, 7) is 7.71. The van der Waals surface area contributed by atoms with Crippen LogP contribution in [-0.4, -0.2) is 53.7 Å². The van der Waals surface area contributed by atoms with Gasteiger partial charge >= 0.3 is 0 Å². The highest BCUT2D eigenvalue weighted by Crippen LogP contribution is 2.05. The van der Waals surface area contributed by atoms with Gasteiger partial charge in [0.1, 0.15) is 0 Å². The summed E-state index contributed by atoms with van der Waals surface area (Å²) in [4.78, 5) is 4.51. The van der Waals surface area contributed by atoms with E-state index in [1.54, 1.807) is 0 Å². The van der Waals surface area contributed by atoms with Crippen molar-refractivity contribution in [2.24, 2.45) is 0 Å². The Hall–Kier alpha value is -0.383. The Balaban J connectivity index is 3.97. The maximum Gasteiger partial charge on any atom is 0.0586 e. The van der Waals surface area contributed by atoms with Crippen LogP contribution in [0.15, 0.2) is 24.4 Å². The summed E-state index contributed by atoms with van der Waals surface area (Å²) in [7, 11) is 8.29. The molecule has 13 heavy (non-hydrogen) atoms. The fraction of sp³-hybridized carbons (Fsp3) is 0.600. The van der Waals surface area contributed by atoms with E-state index in [2.05, 4.69) is 51.1 Å². The van der Waals surface area contributed by atoms with Gasteiger partial charge in [-0.15, -0.1) is 6.58 Å². The normalized spacial score (nSPS) is 12.2. The zero-order valence-electron chi connectivity index (χ0n) is 9.38. The quantitative estimate of drug-likeness (QED) is 0.353. The van der Waals surface area contributed by atoms with Crippen LogP contribution in [-0.2, 0) is 0 Å². The first-order valence-electron chi connectivity index (χ1n) is 4.62. The number of rotatable bonds is 6. The Labute approximate surface area is 84.7 Å². The second-order valence-electron chi connectivity index (χ2n) is 3.81. The fourth-order valence-corrected chi connectivity index (χ4v) is 3.26. The van der Waals surface area contributed by atoms with E-state index in [9.17, 15) is 0 Å². The molecule has 0 aromatic carbocycles. The fourth-order valence-electron chi connectivity index (χ4n) is 1.39. The third-order valence-corrected chi connectivity index (χ3v) is 3.94. The maximum atomic E-state index is 3.97. The third kappa shape index (κ3) is 5.03. The Morgan fingerprint density at radius 2 is 1.77 bits per heavy atom. The molecule has 76 valence electrons. The predicted molar refractivity (Wildman–Crippen MR) is 63.9 cm³/mol. The van der Waals surface area contributed by atoms with Crippen molar-refractivity contribution in [2.75, 3.05) is 28.2 Å². The predicted octanol–water partition coefficient (Wildman–Crippen LogP) is 0.722. The highest BCUT2D eigenvalue weighted by atomic mass is 28.2. The zero-order valence-corrected chi connectivity index (χ0v) is 10.8. The maximum absolute atomic E-state index is 3.97. The minimum atomic E-state index is -0.193. The van der Waals surface area contributed by atoms with Crippen molar-refractivity contribution in [3.63, 3.8) is 0 Å². The number of allylic oxidation sites excluding steroid dienone is 2. The van der Waals surface area contributed by atoms with Crippen LogP contribution in [0, 0.1) is 0 Å². The van der Waals surface area contributed by atoms with Crippen LogP contribution in [0.4, 0.5) is 0 Å². The van der Waals surface area contributed by atoms with Crippen LogP contribution >= 0.6 is 0 Å². The van der Waals surface area contributed by atoms with Gasteiger partial charge in [-0.2, -0.15) is 0 Å². The van der Waals surface area contributed by atoms with Gasteiger partial charge in [0.05, 0.1) is 15.7 Å². The monoisotopic (exact) mass is 198 g/mol. The Morgan fingerprint density at radius 1 is 1.31 bits per heavy atom. The van der Waals surface area contributed by atoms with Crippen molar-refractivity contribution in [1.82, 2.24) is 9.80 Å². The summed E-state index contributed by atoms with van der Waals surface area (Å²) in [6.07, 6.45) is 2.44. The number of hydrogen-bond donors (Lipinski definition) is 0. The molecule has 0 heterocycles. The summed E-state index contributed by atoms with van der Waals surface area (Å²) in [6, 6.07) is 1.24. The highest BCUT2D eigenvalue weighted by molar-refractivity contribution is 6.46. The lowest BCUT2D eigenvalue weighted by atomic mass is 10.5. The summed E-state index contributed by atoms with van der Waals surface area (Å²) in [5.41, 5.74) is 0. The molecule has 3 heteroatoms. The molecule has 2 nitrogen and oxygen atoms in total. The molecule has 0 fully saturated rings. The van der Waals surface area contributed by atoms with E-state index >= 15 is 0 Å². The molecule has 0 amide bonds. The van der Waals surface area contributed by atoms with E-state index in [1.807, 2.05) is 6.08 Å². The highest BCUT2D eigenvalue weighted by Gasteiger charge is 2.12. The molecule has 0 aliphatic carbocycles. The SMILES string of the molecule is C=CC(=C)[SiH2]CC(N(C)C)N(C)C. The van der Waals surface area contributed by atoms with E-state index in [4.69, 9.17) is 0 Å². The molecule has 0 saturated heterocycles. The molecular weight excluding hydrogens is 176 g/mol. The van der Waals surface area contributed by atoms with Crippen LogP contribution in [0.25, 0.3) is 0 Å². The van der Waals surface area contributed by atoms with Gasteiger partial charge in [-0.25, -0.2) is 0 Å². The van der Waals surface area contributed by atoms with Gasteiger partial charge in [-0.05, 0) is 34.2 Å². The van der Waals surface area contributed by atoms with Gasteiger partial charge in [0.25, 0.3) is 0 Å². The first kappa shape index (κ1) is 12.6. The molecule has 0 atom stereocenters. The molecule has 0 saturated carbocycles. The van der Waals surface area contributed by atoms with Gasteiger partial charge < -0.3 is 0 Å². The summed E-state index contributed by atoms with van der Waals surface area (Å²) < 4.78 is 0. The second kappa shape index (κ2) is 6.13.